The zero-order valence-electron chi connectivity index (χ0n) is 10.7. The first-order valence-corrected chi connectivity index (χ1v) is 7.88. The highest BCUT2D eigenvalue weighted by Gasteiger charge is 2.02. The minimum Gasteiger partial charge on any atom is -0.356 e. The molecule has 0 fully saturated rings. The van der Waals surface area contributed by atoms with Crippen molar-refractivity contribution in [2.45, 2.75) is 45.4 Å². The molecule has 5 nitrogen and oxygen atoms in total. The predicted octanol–water partition coefficient (Wildman–Crippen LogP) is 1.44. The molecule has 0 aliphatic heterocycles. The van der Waals surface area contributed by atoms with Gasteiger partial charge in [0, 0.05) is 13.0 Å². The summed E-state index contributed by atoms with van der Waals surface area (Å²) in [5.41, 5.74) is 0. The fraction of sp³-hybridized carbons (Fsp3) is 0.909. The van der Waals surface area contributed by atoms with Crippen LogP contribution in [0.25, 0.3) is 0 Å². The summed E-state index contributed by atoms with van der Waals surface area (Å²) in [6, 6.07) is 0. The number of nitrogens with one attached hydrogen (secondary N) is 1. The quantitative estimate of drug-likeness (QED) is 0.479. The maximum absolute atomic E-state index is 11.3. The standard InChI is InChI=1S/C11H23NO4S/c1-3-4-5-8-11(13)12-9-6-7-10-16-17(2,14)15/h3-10H2,1-2H3,(H,12,13). The molecule has 0 heterocycles. The topological polar surface area (TPSA) is 72.5 Å². The molecule has 0 aliphatic carbocycles. The summed E-state index contributed by atoms with van der Waals surface area (Å²) in [4.78, 5) is 11.3. The summed E-state index contributed by atoms with van der Waals surface area (Å²) in [5.74, 6) is 0.0717. The second kappa shape index (κ2) is 9.41. The fourth-order valence-corrected chi connectivity index (χ4v) is 1.71. The largest absolute Gasteiger partial charge is 0.356 e. The van der Waals surface area contributed by atoms with Gasteiger partial charge in [0.2, 0.25) is 5.91 Å². The van der Waals surface area contributed by atoms with Gasteiger partial charge >= 0.3 is 0 Å². The zero-order valence-corrected chi connectivity index (χ0v) is 11.5. The van der Waals surface area contributed by atoms with Crippen LogP contribution in [0.4, 0.5) is 0 Å². The lowest BCUT2D eigenvalue weighted by molar-refractivity contribution is -0.121. The molecule has 0 unspecified atom stereocenters. The molecular formula is C11H23NO4S. The van der Waals surface area contributed by atoms with Crippen molar-refractivity contribution >= 4 is 16.0 Å². The van der Waals surface area contributed by atoms with Crippen LogP contribution in [0.1, 0.15) is 45.4 Å². The summed E-state index contributed by atoms with van der Waals surface area (Å²) >= 11 is 0. The van der Waals surface area contributed by atoms with Crippen LogP contribution in [0.15, 0.2) is 0 Å². The van der Waals surface area contributed by atoms with Gasteiger partial charge < -0.3 is 5.32 Å². The molecule has 0 aliphatic rings. The third-order valence-electron chi connectivity index (χ3n) is 2.20. The van der Waals surface area contributed by atoms with Crippen molar-refractivity contribution in [3.05, 3.63) is 0 Å². The minimum absolute atomic E-state index is 0.0717. The first kappa shape index (κ1) is 16.4. The molecule has 0 bridgehead atoms. The molecule has 0 atom stereocenters. The lowest BCUT2D eigenvalue weighted by Gasteiger charge is -2.04. The highest BCUT2D eigenvalue weighted by Crippen LogP contribution is 1.98. The maximum Gasteiger partial charge on any atom is 0.264 e. The average molecular weight is 265 g/mol. The van der Waals surface area contributed by atoms with E-state index < -0.39 is 10.1 Å². The van der Waals surface area contributed by atoms with E-state index in [0.717, 1.165) is 31.9 Å². The molecular weight excluding hydrogens is 242 g/mol. The molecule has 6 heteroatoms. The van der Waals surface area contributed by atoms with Crippen LogP contribution in [0.3, 0.4) is 0 Å². The molecule has 0 spiro atoms. The maximum atomic E-state index is 11.3. The smallest absolute Gasteiger partial charge is 0.264 e. The van der Waals surface area contributed by atoms with E-state index in [9.17, 15) is 13.2 Å². The van der Waals surface area contributed by atoms with Crippen molar-refractivity contribution < 1.29 is 17.4 Å². The lowest BCUT2D eigenvalue weighted by atomic mass is 10.2. The second-order valence-electron chi connectivity index (χ2n) is 4.04. The zero-order chi connectivity index (χ0) is 13.1. The van der Waals surface area contributed by atoms with Crippen LogP contribution in [0.5, 0.6) is 0 Å². The molecule has 0 rings (SSSR count). The van der Waals surface area contributed by atoms with Crippen LogP contribution in [0, 0.1) is 0 Å². The van der Waals surface area contributed by atoms with Crippen LogP contribution in [0.2, 0.25) is 0 Å². The third kappa shape index (κ3) is 13.3. The van der Waals surface area contributed by atoms with Crippen LogP contribution < -0.4 is 5.32 Å². The van der Waals surface area contributed by atoms with Gasteiger partial charge in [-0.2, -0.15) is 8.42 Å². The third-order valence-corrected chi connectivity index (χ3v) is 2.79. The van der Waals surface area contributed by atoms with Crippen molar-refractivity contribution in [1.82, 2.24) is 5.32 Å². The van der Waals surface area contributed by atoms with Gasteiger partial charge in [0.25, 0.3) is 10.1 Å². The number of carbonyl (C=O) groups excluding carboxylic acids is 1. The van der Waals surface area contributed by atoms with E-state index in [1.807, 2.05) is 0 Å². The van der Waals surface area contributed by atoms with E-state index >= 15 is 0 Å². The number of carbonyl (C=O) groups is 1. The van der Waals surface area contributed by atoms with Gasteiger partial charge in [0.1, 0.15) is 0 Å². The Morgan fingerprint density at radius 3 is 2.47 bits per heavy atom. The van der Waals surface area contributed by atoms with Crippen LogP contribution >= 0.6 is 0 Å². The van der Waals surface area contributed by atoms with Crippen molar-refractivity contribution in [2.24, 2.45) is 0 Å². The molecule has 1 N–H and O–H groups in total. The van der Waals surface area contributed by atoms with Gasteiger partial charge in [-0.1, -0.05) is 19.8 Å². The first-order valence-electron chi connectivity index (χ1n) is 6.07. The highest BCUT2D eigenvalue weighted by atomic mass is 32.2. The minimum atomic E-state index is -3.33. The first-order chi connectivity index (χ1) is 7.95. The van der Waals surface area contributed by atoms with E-state index in [-0.39, 0.29) is 12.5 Å². The van der Waals surface area contributed by atoms with E-state index in [2.05, 4.69) is 16.4 Å². The number of unbranched alkanes of at least 4 members (excludes halogenated alkanes) is 3. The second-order valence-corrected chi connectivity index (χ2v) is 5.68. The number of amides is 1. The van der Waals surface area contributed by atoms with Gasteiger partial charge in [-0.25, -0.2) is 0 Å². The van der Waals surface area contributed by atoms with E-state index in [4.69, 9.17) is 0 Å². The molecule has 0 radical (unpaired) electrons. The summed E-state index contributed by atoms with van der Waals surface area (Å²) in [6.07, 6.45) is 6.08. The van der Waals surface area contributed by atoms with E-state index in [1.54, 1.807) is 0 Å². The Balaban J connectivity index is 3.30. The summed E-state index contributed by atoms with van der Waals surface area (Å²) in [5, 5.41) is 2.80. The summed E-state index contributed by atoms with van der Waals surface area (Å²) in [6.45, 7) is 2.86. The summed E-state index contributed by atoms with van der Waals surface area (Å²) < 4.78 is 25.8. The normalized spacial score (nSPS) is 11.4. The van der Waals surface area contributed by atoms with Crippen LogP contribution in [-0.4, -0.2) is 33.7 Å². The van der Waals surface area contributed by atoms with E-state index in [1.165, 1.54) is 0 Å². The van der Waals surface area contributed by atoms with Gasteiger partial charge in [0.15, 0.2) is 0 Å². The Labute approximate surface area is 104 Å². The molecule has 0 saturated heterocycles. The molecule has 17 heavy (non-hydrogen) atoms. The monoisotopic (exact) mass is 265 g/mol. The Hall–Kier alpha value is -0.620. The van der Waals surface area contributed by atoms with Crippen molar-refractivity contribution in [2.75, 3.05) is 19.4 Å². The lowest BCUT2D eigenvalue weighted by Crippen LogP contribution is -2.24. The van der Waals surface area contributed by atoms with Crippen molar-refractivity contribution in [3.63, 3.8) is 0 Å². The Morgan fingerprint density at radius 2 is 1.88 bits per heavy atom. The predicted molar refractivity (Wildman–Crippen MR) is 67.2 cm³/mol. The molecule has 102 valence electrons. The number of rotatable bonds is 10. The average Bonchev–Trinajstić information content (AvgIpc) is 2.22. The van der Waals surface area contributed by atoms with Gasteiger partial charge in [0.05, 0.1) is 12.9 Å². The Morgan fingerprint density at radius 1 is 1.18 bits per heavy atom. The Kier molecular flexibility index (Phi) is 9.07. The molecule has 0 aromatic carbocycles. The van der Waals surface area contributed by atoms with Gasteiger partial charge in [-0.15, -0.1) is 0 Å². The SMILES string of the molecule is CCCCCC(=O)NCCCCOS(C)(=O)=O. The fourth-order valence-electron chi connectivity index (χ4n) is 1.29. The molecule has 0 aromatic heterocycles. The number of hydrogen-bond acceptors (Lipinski definition) is 4. The van der Waals surface area contributed by atoms with Gasteiger partial charge in [-0.05, 0) is 19.3 Å². The highest BCUT2D eigenvalue weighted by molar-refractivity contribution is 7.85. The molecule has 1 amide bonds. The number of hydrogen-bond donors (Lipinski definition) is 1. The van der Waals surface area contributed by atoms with Crippen molar-refractivity contribution in [1.29, 1.82) is 0 Å². The van der Waals surface area contributed by atoms with E-state index in [0.29, 0.717) is 19.4 Å². The Bertz CT molecular complexity index is 301. The molecule has 0 aromatic rings. The van der Waals surface area contributed by atoms with Crippen LogP contribution in [-0.2, 0) is 19.1 Å². The molecule has 0 saturated carbocycles. The van der Waals surface area contributed by atoms with Gasteiger partial charge in [-0.3, -0.25) is 8.98 Å². The van der Waals surface area contributed by atoms with Crippen molar-refractivity contribution in [3.8, 4) is 0 Å². The summed E-state index contributed by atoms with van der Waals surface area (Å²) in [7, 11) is -3.33.